The number of nitrogens with zero attached hydrogens (tertiary/aromatic N) is 3. The Balaban J connectivity index is 1.52. The summed E-state index contributed by atoms with van der Waals surface area (Å²) < 4.78 is 67.7. The van der Waals surface area contributed by atoms with E-state index in [-0.39, 0.29) is 31.2 Å². The summed E-state index contributed by atoms with van der Waals surface area (Å²) in [5.41, 5.74) is -1.95. The third-order valence-corrected chi connectivity index (χ3v) is 7.03. The average Bonchev–Trinajstić information content (AvgIpc) is 3.17. The van der Waals surface area contributed by atoms with Crippen molar-refractivity contribution in [3.05, 3.63) is 64.7 Å². The number of halogens is 5. The molecule has 0 saturated carbocycles. The standard InChI is InChI=1S/C24H22F5N3O2/c25-17-2-4-21(26)19(9-17)22(34)32-12-16(13-33)23(14-32)5-7-31(8-6-23)18-3-1-15(11-30)20(10-18)24(27,28)29/h1-4,9-10,16,33H,5-8,12-14H2. The molecule has 5 nitrogen and oxygen atoms in total. The van der Waals surface area contributed by atoms with E-state index in [2.05, 4.69) is 0 Å². The molecule has 1 unspecified atom stereocenters. The molecule has 0 aromatic heterocycles. The number of carbonyl (C=O) groups is 1. The van der Waals surface area contributed by atoms with Crippen LogP contribution < -0.4 is 4.90 Å². The van der Waals surface area contributed by atoms with Gasteiger partial charge in [-0.25, -0.2) is 8.78 Å². The van der Waals surface area contributed by atoms with Crippen LogP contribution in [0.25, 0.3) is 0 Å². The van der Waals surface area contributed by atoms with Crippen molar-refractivity contribution in [3.63, 3.8) is 0 Å². The molecule has 0 bridgehead atoms. The number of nitriles is 1. The number of rotatable bonds is 3. The van der Waals surface area contributed by atoms with Gasteiger partial charge in [-0.2, -0.15) is 18.4 Å². The Bertz CT molecular complexity index is 1140. The first-order valence-electron chi connectivity index (χ1n) is 10.8. The Labute approximate surface area is 193 Å². The van der Waals surface area contributed by atoms with E-state index in [1.165, 1.54) is 11.0 Å². The Morgan fingerprint density at radius 3 is 2.47 bits per heavy atom. The first-order chi connectivity index (χ1) is 16.1. The van der Waals surface area contributed by atoms with Crippen molar-refractivity contribution in [2.75, 3.05) is 37.7 Å². The molecule has 180 valence electrons. The topological polar surface area (TPSA) is 67.6 Å². The van der Waals surface area contributed by atoms with Crippen LogP contribution >= 0.6 is 0 Å². The molecular weight excluding hydrogens is 457 g/mol. The molecule has 2 aliphatic rings. The number of piperidine rings is 1. The minimum absolute atomic E-state index is 0.181. The first kappa shape index (κ1) is 24.0. The van der Waals surface area contributed by atoms with Gasteiger partial charge in [-0.3, -0.25) is 4.79 Å². The predicted octanol–water partition coefficient (Wildman–Crippen LogP) is 4.21. The Morgan fingerprint density at radius 1 is 1.15 bits per heavy atom. The highest BCUT2D eigenvalue weighted by Crippen LogP contribution is 2.46. The number of aliphatic hydroxyl groups is 1. The van der Waals surface area contributed by atoms with E-state index in [9.17, 15) is 31.9 Å². The smallest absolute Gasteiger partial charge is 0.396 e. The first-order valence-corrected chi connectivity index (χ1v) is 10.8. The molecule has 2 saturated heterocycles. The number of amides is 1. The van der Waals surface area contributed by atoms with Gasteiger partial charge >= 0.3 is 6.18 Å². The maximum Gasteiger partial charge on any atom is 0.417 e. The lowest BCUT2D eigenvalue weighted by atomic mass is 9.71. The lowest BCUT2D eigenvalue weighted by Crippen LogP contribution is -2.45. The normalized spacial score (nSPS) is 20.0. The lowest BCUT2D eigenvalue weighted by Gasteiger charge is -2.43. The summed E-state index contributed by atoms with van der Waals surface area (Å²) in [6, 6.07) is 7.84. The van der Waals surface area contributed by atoms with Crippen LogP contribution in [-0.4, -0.2) is 48.7 Å². The van der Waals surface area contributed by atoms with Gasteiger partial charge in [0, 0.05) is 44.4 Å². The van der Waals surface area contributed by atoms with Gasteiger partial charge in [0.15, 0.2) is 0 Å². The van der Waals surface area contributed by atoms with Crippen LogP contribution in [0.3, 0.4) is 0 Å². The fourth-order valence-corrected chi connectivity index (χ4v) is 5.11. The fourth-order valence-electron chi connectivity index (χ4n) is 5.11. The van der Waals surface area contributed by atoms with E-state index in [0.29, 0.717) is 31.6 Å². The molecule has 0 radical (unpaired) electrons. The van der Waals surface area contributed by atoms with E-state index in [4.69, 9.17) is 5.26 Å². The summed E-state index contributed by atoms with van der Waals surface area (Å²) in [5.74, 6) is -2.51. The third-order valence-electron chi connectivity index (χ3n) is 7.03. The number of carbonyl (C=O) groups excluding carboxylic acids is 1. The minimum atomic E-state index is -4.65. The van der Waals surface area contributed by atoms with E-state index in [1.807, 2.05) is 0 Å². The Kier molecular flexibility index (Phi) is 6.25. The van der Waals surface area contributed by atoms with Crippen molar-refractivity contribution in [1.29, 1.82) is 5.26 Å². The highest BCUT2D eigenvalue weighted by molar-refractivity contribution is 5.94. The molecule has 1 atom stereocenters. The number of anilines is 1. The number of aliphatic hydroxyl groups excluding tert-OH is 1. The molecule has 1 amide bonds. The summed E-state index contributed by atoms with van der Waals surface area (Å²) in [6.07, 6.45) is -3.66. The molecule has 10 heteroatoms. The molecule has 34 heavy (non-hydrogen) atoms. The number of alkyl halides is 3. The number of likely N-dealkylation sites (tertiary alicyclic amines) is 1. The molecular formula is C24H22F5N3O2. The molecule has 2 aromatic carbocycles. The molecule has 2 fully saturated rings. The van der Waals surface area contributed by atoms with Gasteiger partial charge in [-0.15, -0.1) is 0 Å². The van der Waals surface area contributed by atoms with Gasteiger partial charge in [0.25, 0.3) is 5.91 Å². The van der Waals surface area contributed by atoms with Crippen LogP contribution in [0, 0.1) is 34.3 Å². The maximum atomic E-state index is 14.1. The van der Waals surface area contributed by atoms with E-state index in [1.54, 1.807) is 11.0 Å². The second kappa shape index (κ2) is 8.87. The van der Waals surface area contributed by atoms with Crippen LogP contribution in [0.5, 0.6) is 0 Å². The summed E-state index contributed by atoms with van der Waals surface area (Å²) in [6.45, 7) is 0.985. The summed E-state index contributed by atoms with van der Waals surface area (Å²) in [4.78, 5) is 16.1. The Morgan fingerprint density at radius 2 is 1.85 bits per heavy atom. The molecule has 2 aromatic rings. The van der Waals surface area contributed by atoms with E-state index >= 15 is 0 Å². The van der Waals surface area contributed by atoms with Crippen molar-refractivity contribution in [3.8, 4) is 6.07 Å². The van der Waals surface area contributed by atoms with Crippen molar-refractivity contribution in [2.45, 2.75) is 19.0 Å². The molecule has 1 spiro atoms. The third kappa shape index (κ3) is 4.32. The Hall–Kier alpha value is -3.19. The zero-order valence-electron chi connectivity index (χ0n) is 18.1. The molecule has 2 aliphatic heterocycles. The minimum Gasteiger partial charge on any atom is -0.396 e. The zero-order valence-corrected chi connectivity index (χ0v) is 18.1. The largest absolute Gasteiger partial charge is 0.417 e. The fraction of sp³-hybridized carbons (Fsp3) is 0.417. The summed E-state index contributed by atoms with van der Waals surface area (Å²) >= 11 is 0. The van der Waals surface area contributed by atoms with E-state index in [0.717, 1.165) is 30.3 Å². The van der Waals surface area contributed by atoms with Crippen LogP contribution in [0.15, 0.2) is 36.4 Å². The van der Waals surface area contributed by atoms with Crippen LogP contribution in [0.2, 0.25) is 0 Å². The SMILES string of the molecule is N#Cc1ccc(N2CCC3(CC2)CN(C(=O)c2cc(F)ccc2F)CC3CO)cc1C(F)(F)F. The number of benzene rings is 2. The number of hydrogen-bond acceptors (Lipinski definition) is 4. The van der Waals surface area contributed by atoms with Gasteiger partial charge in [-0.1, -0.05) is 0 Å². The van der Waals surface area contributed by atoms with Gasteiger partial charge in [-0.05, 0) is 54.7 Å². The van der Waals surface area contributed by atoms with Gasteiger partial charge in [0.2, 0.25) is 0 Å². The van der Waals surface area contributed by atoms with Crippen molar-refractivity contribution in [2.24, 2.45) is 11.3 Å². The average molecular weight is 479 g/mol. The van der Waals surface area contributed by atoms with Gasteiger partial charge < -0.3 is 14.9 Å². The van der Waals surface area contributed by atoms with Gasteiger partial charge in [0.1, 0.15) is 11.6 Å². The van der Waals surface area contributed by atoms with E-state index < -0.39 is 40.3 Å². The van der Waals surface area contributed by atoms with Crippen molar-refractivity contribution >= 4 is 11.6 Å². The molecule has 4 rings (SSSR count). The summed E-state index contributed by atoms with van der Waals surface area (Å²) in [5, 5.41) is 19.0. The predicted molar refractivity (Wildman–Crippen MR) is 113 cm³/mol. The maximum absolute atomic E-state index is 14.1. The zero-order chi connectivity index (χ0) is 24.7. The number of hydrogen-bond donors (Lipinski definition) is 1. The quantitative estimate of drug-likeness (QED) is 0.670. The molecule has 0 aliphatic carbocycles. The lowest BCUT2D eigenvalue weighted by molar-refractivity contribution is -0.137. The second-order valence-corrected chi connectivity index (χ2v) is 8.88. The summed E-state index contributed by atoms with van der Waals surface area (Å²) in [7, 11) is 0. The van der Waals surface area contributed by atoms with Crippen LogP contribution in [0.4, 0.5) is 27.6 Å². The monoisotopic (exact) mass is 479 g/mol. The van der Waals surface area contributed by atoms with Gasteiger partial charge in [0.05, 0.1) is 22.8 Å². The molecule has 2 heterocycles. The van der Waals surface area contributed by atoms with Crippen LogP contribution in [0.1, 0.15) is 34.3 Å². The van der Waals surface area contributed by atoms with Crippen LogP contribution in [-0.2, 0) is 6.18 Å². The highest BCUT2D eigenvalue weighted by Gasteiger charge is 2.49. The van der Waals surface area contributed by atoms with Crippen molar-refractivity contribution < 1.29 is 31.9 Å². The van der Waals surface area contributed by atoms with Crippen molar-refractivity contribution in [1.82, 2.24) is 4.90 Å². The highest BCUT2D eigenvalue weighted by atomic mass is 19.4. The molecule has 1 N–H and O–H groups in total. The second-order valence-electron chi connectivity index (χ2n) is 8.88.